The van der Waals surface area contributed by atoms with Gasteiger partial charge in [-0.3, -0.25) is 4.79 Å². The highest BCUT2D eigenvalue weighted by atomic mass is 16.5. The zero-order chi connectivity index (χ0) is 15.8. The van der Waals surface area contributed by atoms with E-state index in [4.69, 9.17) is 4.74 Å². The van der Waals surface area contributed by atoms with Crippen LogP contribution in [0.1, 0.15) is 56.8 Å². The van der Waals surface area contributed by atoms with Gasteiger partial charge in [-0.2, -0.15) is 0 Å². The molecule has 0 aliphatic heterocycles. The van der Waals surface area contributed by atoms with Crippen LogP contribution in [0.3, 0.4) is 0 Å². The lowest BCUT2D eigenvalue weighted by molar-refractivity contribution is 0.0693. The molecule has 0 bridgehead atoms. The molecule has 21 heavy (non-hydrogen) atoms. The van der Waals surface area contributed by atoms with Gasteiger partial charge in [0.2, 0.25) is 0 Å². The Morgan fingerprint density at radius 1 is 1.33 bits per heavy atom. The van der Waals surface area contributed by atoms with Gasteiger partial charge >= 0.3 is 0 Å². The van der Waals surface area contributed by atoms with E-state index in [-0.39, 0.29) is 17.9 Å². The highest BCUT2D eigenvalue weighted by Crippen LogP contribution is 2.16. The maximum atomic E-state index is 12.3. The van der Waals surface area contributed by atoms with Gasteiger partial charge in [0.05, 0.1) is 18.0 Å². The molecular formula is C15H26N4O2. The van der Waals surface area contributed by atoms with Gasteiger partial charge in [-0.05, 0) is 20.8 Å². The molecule has 0 fully saturated rings. The maximum Gasteiger partial charge on any atom is 0.272 e. The molecule has 6 nitrogen and oxygen atoms in total. The van der Waals surface area contributed by atoms with Crippen molar-refractivity contribution in [1.29, 1.82) is 0 Å². The molecule has 1 unspecified atom stereocenters. The van der Waals surface area contributed by atoms with Gasteiger partial charge in [-0.25, -0.2) is 9.97 Å². The fourth-order valence-electron chi connectivity index (χ4n) is 1.83. The smallest absolute Gasteiger partial charge is 0.272 e. The van der Waals surface area contributed by atoms with Crippen LogP contribution in [0.5, 0.6) is 0 Å². The van der Waals surface area contributed by atoms with Crippen molar-refractivity contribution < 1.29 is 9.53 Å². The maximum absolute atomic E-state index is 12.3. The minimum Gasteiger partial charge on any atom is -0.382 e. The third-order valence-electron chi connectivity index (χ3n) is 2.91. The zero-order valence-corrected chi connectivity index (χ0v) is 13.6. The number of anilines is 1. The molecule has 1 heterocycles. The van der Waals surface area contributed by atoms with Gasteiger partial charge in [-0.1, -0.05) is 13.8 Å². The van der Waals surface area contributed by atoms with Crippen LogP contribution in [-0.4, -0.2) is 41.7 Å². The number of nitrogens with one attached hydrogen (secondary N) is 2. The Morgan fingerprint density at radius 2 is 2.05 bits per heavy atom. The monoisotopic (exact) mass is 294 g/mol. The largest absolute Gasteiger partial charge is 0.382 e. The first kappa shape index (κ1) is 17.4. The average Bonchev–Trinajstić information content (AvgIpc) is 2.45. The second-order valence-corrected chi connectivity index (χ2v) is 5.15. The second-order valence-electron chi connectivity index (χ2n) is 5.15. The molecule has 0 aliphatic rings. The summed E-state index contributed by atoms with van der Waals surface area (Å²) in [6.45, 7) is 11.6. The van der Waals surface area contributed by atoms with Crippen molar-refractivity contribution in [3.8, 4) is 0 Å². The summed E-state index contributed by atoms with van der Waals surface area (Å²) in [5.74, 6) is 0.635. The van der Waals surface area contributed by atoms with Crippen LogP contribution < -0.4 is 10.6 Å². The normalized spacial score (nSPS) is 12.3. The highest BCUT2D eigenvalue weighted by molar-refractivity contribution is 5.97. The number of hydrogen-bond donors (Lipinski definition) is 2. The Labute approximate surface area is 126 Å². The molecule has 1 rings (SSSR count). The van der Waals surface area contributed by atoms with E-state index in [1.807, 2.05) is 34.6 Å². The SMILES string of the molecule is CCNc1cnc(C(C)C)nc1C(=O)NCC(C)OCC. The average molecular weight is 294 g/mol. The summed E-state index contributed by atoms with van der Waals surface area (Å²) < 4.78 is 5.40. The molecule has 0 spiro atoms. The van der Waals surface area contributed by atoms with Crippen LogP contribution in [0.2, 0.25) is 0 Å². The van der Waals surface area contributed by atoms with E-state index in [9.17, 15) is 4.79 Å². The summed E-state index contributed by atoms with van der Waals surface area (Å²) in [5, 5.41) is 5.97. The Hall–Kier alpha value is -1.69. The first-order chi connectivity index (χ1) is 9.99. The molecule has 0 aliphatic carbocycles. The number of rotatable bonds is 8. The first-order valence-corrected chi connectivity index (χ1v) is 7.50. The van der Waals surface area contributed by atoms with Crippen LogP contribution in [0.15, 0.2) is 6.20 Å². The summed E-state index contributed by atoms with van der Waals surface area (Å²) in [7, 11) is 0. The predicted octanol–water partition coefficient (Wildman–Crippen LogP) is 2.19. The number of aromatic nitrogens is 2. The fourth-order valence-corrected chi connectivity index (χ4v) is 1.83. The van der Waals surface area contributed by atoms with E-state index < -0.39 is 0 Å². The number of amides is 1. The molecule has 0 saturated carbocycles. The van der Waals surface area contributed by atoms with Gasteiger partial charge in [0.1, 0.15) is 5.82 Å². The Kier molecular flexibility index (Phi) is 7.08. The van der Waals surface area contributed by atoms with Gasteiger partial charge in [-0.15, -0.1) is 0 Å². The van der Waals surface area contributed by atoms with Crippen LogP contribution in [0, 0.1) is 0 Å². The third-order valence-corrected chi connectivity index (χ3v) is 2.91. The Bertz CT molecular complexity index is 463. The lowest BCUT2D eigenvalue weighted by atomic mass is 10.2. The minimum absolute atomic E-state index is 0.0204. The summed E-state index contributed by atoms with van der Waals surface area (Å²) in [6.07, 6.45) is 1.65. The molecular weight excluding hydrogens is 268 g/mol. The van der Waals surface area contributed by atoms with Crippen molar-refractivity contribution in [2.45, 2.75) is 46.6 Å². The van der Waals surface area contributed by atoms with Crippen LogP contribution in [0.25, 0.3) is 0 Å². The molecule has 118 valence electrons. The summed E-state index contributed by atoms with van der Waals surface area (Å²) >= 11 is 0. The van der Waals surface area contributed by atoms with E-state index in [1.165, 1.54) is 0 Å². The van der Waals surface area contributed by atoms with E-state index in [2.05, 4.69) is 20.6 Å². The number of carbonyl (C=O) groups is 1. The number of hydrogen-bond acceptors (Lipinski definition) is 5. The van der Waals surface area contributed by atoms with Crippen LogP contribution in [0.4, 0.5) is 5.69 Å². The van der Waals surface area contributed by atoms with Gasteiger partial charge in [0.25, 0.3) is 5.91 Å². The van der Waals surface area contributed by atoms with Crippen molar-refractivity contribution in [2.75, 3.05) is 25.0 Å². The Balaban J connectivity index is 2.86. The van der Waals surface area contributed by atoms with Crippen molar-refractivity contribution in [3.05, 3.63) is 17.7 Å². The van der Waals surface area contributed by atoms with Crippen LogP contribution >= 0.6 is 0 Å². The Morgan fingerprint density at radius 3 is 2.62 bits per heavy atom. The van der Waals surface area contributed by atoms with Gasteiger partial charge in [0, 0.05) is 25.6 Å². The minimum atomic E-state index is -0.207. The summed E-state index contributed by atoms with van der Waals surface area (Å²) in [5.41, 5.74) is 1.04. The van der Waals surface area contributed by atoms with Gasteiger partial charge < -0.3 is 15.4 Å². The second kappa shape index (κ2) is 8.56. The summed E-state index contributed by atoms with van der Waals surface area (Å²) in [4.78, 5) is 21.0. The molecule has 2 N–H and O–H groups in total. The fraction of sp³-hybridized carbons (Fsp3) is 0.667. The first-order valence-electron chi connectivity index (χ1n) is 7.50. The molecule has 1 amide bonds. The molecule has 0 saturated heterocycles. The predicted molar refractivity (Wildman–Crippen MR) is 83.7 cm³/mol. The topological polar surface area (TPSA) is 76.1 Å². The molecule has 0 radical (unpaired) electrons. The zero-order valence-electron chi connectivity index (χ0n) is 13.6. The number of nitrogens with zero attached hydrogens (tertiary/aromatic N) is 2. The number of ether oxygens (including phenoxy) is 1. The van der Waals surface area contributed by atoms with Crippen molar-refractivity contribution in [1.82, 2.24) is 15.3 Å². The molecule has 1 aromatic heterocycles. The molecule has 6 heteroatoms. The van der Waals surface area contributed by atoms with Crippen molar-refractivity contribution >= 4 is 11.6 Å². The number of carbonyl (C=O) groups excluding carboxylic acids is 1. The van der Waals surface area contributed by atoms with E-state index in [0.29, 0.717) is 36.9 Å². The van der Waals surface area contributed by atoms with E-state index >= 15 is 0 Å². The molecule has 1 atom stereocenters. The quantitative estimate of drug-likeness (QED) is 0.768. The lowest BCUT2D eigenvalue weighted by Gasteiger charge is -2.15. The van der Waals surface area contributed by atoms with Gasteiger partial charge in [0.15, 0.2) is 5.69 Å². The lowest BCUT2D eigenvalue weighted by Crippen LogP contribution is -2.33. The van der Waals surface area contributed by atoms with Crippen molar-refractivity contribution in [2.24, 2.45) is 0 Å². The molecule has 1 aromatic rings. The molecule has 0 aromatic carbocycles. The third kappa shape index (κ3) is 5.30. The highest BCUT2D eigenvalue weighted by Gasteiger charge is 2.16. The van der Waals surface area contributed by atoms with E-state index in [0.717, 1.165) is 0 Å². The van der Waals surface area contributed by atoms with Crippen molar-refractivity contribution in [3.63, 3.8) is 0 Å². The summed E-state index contributed by atoms with van der Waals surface area (Å²) in [6, 6.07) is 0. The van der Waals surface area contributed by atoms with E-state index in [1.54, 1.807) is 6.20 Å². The standard InChI is InChI=1S/C15H26N4O2/c1-6-16-12-9-17-14(10(3)4)19-13(12)15(20)18-8-11(5)21-7-2/h9-11,16H,6-8H2,1-5H3,(H,18,20). The van der Waals surface area contributed by atoms with Crippen LogP contribution in [-0.2, 0) is 4.74 Å².